The quantitative estimate of drug-likeness (QED) is 0.931. The van der Waals surface area contributed by atoms with E-state index < -0.39 is 0 Å². The molecule has 2 heterocycles. The number of thiazole rings is 1. The highest BCUT2D eigenvalue weighted by Gasteiger charge is 2.35. The van der Waals surface area contributed by atoms with Crippen LogP contribution in [0.5, 0.6) is 0 Å². The average Bonchev–Trinajstić information content (AvgIpc) is 2.81. The van der Waals surface area contributed by atoms with Crippen molar-refractivity contribution < 1.29 is 4.74 Å². The van der Waals surface area contributed by atoms with Crippen molar-refractivity contribution in [2.45, 2.75) is 52.7 Å². The molecule has 0 saturated carbocycles. The molecule has 21 heavy (non-hydrogen) atoms. The van der Waals surface area contributed by atoms with Gasteiger partial charge in [-0.2, -0.15) is 0 Å². The van der Waals surface area contributed by atoms with Crippen molar-refractivity contribution in [3.8, 4) is 0 Å². The van der Waals surface area contributed by atoms with Gasteiger partial charge in [0, 0.05) is 24.0 Å². The molecule has 1 aliphatic heterocycles. The van der Waals surface area contributed by atoms with Crippen molar-refractivity contribution in [1.82, 2.24) is 10.3 Å². The maximum atomic E-state index is 5.65. The van der Waals surface area contributed by atoms with Gasteiger partial charge < -0.3 is 15.0 Å². The van der Waals surface area contributed by atoms with E-state index in [9.17, 15) is 0 Å². The molecule has 5 heteroatoms. The van der Waals surface area contributed by atoms with Crippen LogP contribution in [0.4, 0.5) is 5.13 Å². The molecule has 4 nitrogen and oxygen atoms in total. The van der Waals surface area contributed by atoms with E-state index in [-0.39, 0.29) is 0 Å². The number of anilines is 1. The zero-order chi connectivity index (χ0) is 15.0. The van der Waals surface area contributed by atoms with Crippen molar-refractivity contribution in [1.29, 1.82) is 0 Å². The van der Waals surface area contributed by atoms with Crippen LogP contribution in [0.25, 0.3) is 0 Å². The lowest BCUT2D eigenvalue weighted by Crippen LogP contribution is -2.41. The summed E-state index contributed by atoms with van der Waals surface area (Å²) in [4.78, 5) is 8.85. The Morgan fingerprint density at radius 2 is 2.29 bits per heavy atom. The Morgan fingerprint density at radius 3 is 3.00 bits per heavy atom. The van der Waals surface area contributed by atoms with E-state index in [1.807, 2.05) is 11.3 Å². The SMILES string of the molecule is CCNC1CC(C)(C)Cc2nc(N3CCOC(C)C3)sc21. The Bertz CT molecular complexity index is 500. The zero-order valence-corrected chi connectivity index (χ0v) is 14.4. The molecule has 1 saturated heterocycles. The van der Waals surface area contributed by atoms with Gasteiger partial charge in [-0.05, 0) is 31.7 Å². The van der Waals surface area contributed by atoms with E-state index in [1.165, 1.54) is 22.1 Å². The third-order valence-corrected chi connectivity index (χ3v) is 5.67. The summed E-state index contributed by atoms with van der Waals surface area (Å²) in [6.07, 6.45) is 2.61. The van der Waals surface area contributed by atoms with E-state index in [0.29, 0.717) is 17.6 Å². The zero-order valence-electron chi connectivity index (χ0n) is 13.6. The lowest BCUT2D eigenvalue weighted by Gasteiger charge is -2.34. The Morgan fingerprint density at radius 1 is 1.48 bits per heavy atom. The minimum Gasteiger partial charge on any atom is -0.375 e. The smallest absolute Gasteiger partial charge is 0.186 e. The summed E-state index contributed by atoms with van der Waals surface area (Å²) in [5.41, 5.74) is 1.65. The van der Waals surface area contributed by atoms with Crippen LogP contribution in [0.3, 0.4) is 0 Å². The molecule has 0 radical (unpaired) electrons. The van der Waals surface area contributed by atoms with Gasteiger partial charge in [0.1, 0.15) is 0 Å². The van der Waals surface area contributed by atoms with Crippen LogP contribution in [-0.4, -0.2) is 37.3 Å². The van der Waals surface area contributed by atoms with Crippen LogP contribution in [0.2, 0.25) is 0 Å². The molecular weight excluding hydrogens is 282 g/mol. The lowest BCUT2D eigenvalue weighted by molar-refractivity contribution is 0.0532. The molecule has 1 aliphatic carbocycles. The molecule has 2 aliphatic rings. The third-order valence-electron chi connectivity index (χ3n) is 4.40. The fourth-order valence-corrected chi connectivity index (χ4v) is 4.65. The summed E-state index contributed by atoms with van der Waals surface area (Å²) >= 11 is 1.89. The van der Waals surface area contributed by atoms with Gasteiger partial charge in [0.25, 0.3) is 0 Å². The number of hydrogen-bond acceptors (Lipinski definition) is 5. The van der Waals surface area contributed by atoms with Gasteiger partial charge in [0.05, 0.1) is 18.4 Å². The predicted molar refractivity (Wildman–Crippen MR) is 88.3 cm³/mol. The van der Waals surface area contributed by atoms with E-state index in [0.717, 1.165) is 32.7 Å². The summed E-state index contributed by atoms with van der Waals surface area (Å²) in [5.74, 6) is 0. The van der Waals surface area contributed by atoms with Gasteiger partial charge in [-0.25, -0.2) is 4.98 Å². The highest BCUT2D eigenvalue weighted by molar-refractivity contribution is 7.15. The molecule has 1 aromatic rings. The van der Waals surface area contributed by atoms with Crippen LogP contribution < -0.4 is 10.2 Å². The van der Waals surface area contributed by atoms with Crippen LogP contribution in [-0.2, 0) is 11.2 Å². The molecule has 0 amide bonds. The molecule has 2 unspecified atom stereocenters. The molecule has 3 rings (SSSR count). The van der Waals surface area contributed by atoms with Crippen molar-refractivity contribution >= 4 is 16.5 Å². The van der Waals surface area contributed by atoms with Crippen molar-refractivity contribution in [2.75, 3.05) is 31.1 Å². The summed E-state index contributed by atoms with van der Waals surface area (Å²) in [6.45, 7) is 12.8. The minimum atomic E-state index is 0.306. The van der Waals surface area contributed by atoms with Gasteiger partial charge in [0.15, 0.2) is 5.13 Å². The largest absolute Gasteiger partial charge is 0.375 e. The van der Waals surface area contributed by atoms with Crippen LogP contribution in [0.1, 0.15) is 50.7 Å². The molecule has 0 bridgehead atoms. The maximum absolute atomic E-state index is 5.65. The molecule has 1 fully saturated rings. The maximum Gasteiger partial charge on any atom is 0.186 e. The molecule has 2 atom stereocenters. The molecule has 118 valence electrons. The molecule has 0 aromatic carbocycles. The molecular formula is C16H27N3OS. The Kier molecular flexibility index (Phi) is 4.26. The number of morpholine rings is 1. The van der Waals surface area contributed by atoms with E-state index in [1.54, 1.807) is 0 Å². The fraction of sp³-hybridized carbons (Fsp3) is 0.812. The topological polar surface area (TPSA) is 37.4 Å². The normalized spacial score (nSPS) is 28.5. The van der Waals surface area contributed by atoms with Gasteiger partial charge in [-0.15, -0.1) is 0 Å². The number of nitrogens with zero attached hydrogens (tertiary/aromatic N) is 2. The van der Waals surface area contributed by atoms with Gasteiger partial charge >= 0.3 is 0 Å². The Labute approximate surface area is 131 Å². The van der Waals surface area contributed by atoms with Crippen molar-refractivity contribution in [2.24, 2.45) is 5.41 Å². The second-order valence-corrected chi connectivity index (χ2v) is 8.10. The number of hydrogen-bond donors (Lipinski definition) is 1. The highest BCUT2D eigenvalue weighted by atomic mass is 32.1. The lowest BCUT2D eigenvalue weighted by atomic mass is 9.76. The standard InChI is InChI=1S/C16H27N3OS/c1-5-17-12-8-16(3,4)9-13-14(12)21-15(18-13)19-6-7-20-11(2)10-19/h11-12,17H,5-10H2,1-4H3. The number of ether oxygens (including phenoxy) is 1. The van der Waals surface area contributed by atoms with Crippen LogP contribution >= 0.6 is 11.3 Å². The average molecular weight is 309 g/mol. The van der Waals surface area contributed by atoms with Crippen LogP contribution in [0, 0.1) is 5.41 Å². The van der Waals surface area contributed by atoms with Crippen molar-refractivity contribution in [3.63, 3.8) is 0 Å². The van der Waals surface area contributed by atoms with Crippen LogP contribution in [0.15, 0.2) is 0 Å². The first kappa shape index (κ1) is 15.3. The number of nitrogens with one attached hydrogen (secondary N) is 1. The third kappa shape index (κ3) is 3.25. The van der Waals surface area contributed by atoms with Crippen molar-refractivity contribution in [3.05, 3.63) is 10.6 Å². The van der Waals surface area contributed by atoms with Gasteiger partial charge in [-0.3, -0.25) is 0 Å². The second-order valence-electron chi connectivity index (χ2n) is 7.09. The number of rotatable bonds is 3. The summed E-state index contributed by atoms with van der Waals surface area (Å²) < 4.78 is 5.65. The first-order valence-corrected chi connectivity index (χ1v) is 8.89. The molecule has 0 spiro atoms. The van der Waals surface area contributed by atoms with E-state index in [2.05, 4.69) is 37.9 Å². The number of aromatic nitrogens is 1. The van der Waals surface area contributed by atoms with Gasteiger partial charge in [0.2, 0.25) is 0 Å². The number of fused-ring (bicyclic) bond motifs is 1. The summed E-state index contributed by atoms with van der Waals surface area (Å²) in [6, 6.07) is 0.471. The molecule has 1 N–H and O–H groups in total. The first-order chi connectivity index (χ1) is 9.98. The Balaban J connectivity index is 1.86. The second kappa shape index (κ2) is 5.86. The molecule has 1 aromatic heterocycles. The fourth-order valence-electron chi connectivity index (χ4n) is 3.46. The van der Waals surface area contributed by atoms with E-state index >= 15 is 0 Å². The predicted octanol–water partition coefficient (Wildman–Crippen LogP) is 2.99. The Hall–Kier alpha value is -0.650. The monoisotopic (exact) mass is 309 g/mol. The first-order valence-electron chi connectivity index (χ1n) is 8.08. The highest BCUT2D eigenvalue weighted by Crippen LogP contribution is 2.44. The van der Waals surface area contributed by atoms with Gasteiger partial charge in [-0.1, -0.05) is 32.1 Å². The van der Waals surface area contributed by atoms with E-state index in [4.69, 9.17) is 9.72 Å². The summed E-state index contributed by atoms with van der Waals surface area (Å²) in [7, 11) is 0. The minimum absolute atomic E-state index is 0.306. The summed E-state index contributed by atoms with van der Waals surface area (Å²) in [5, 5.41) is 4.84.